The molecule has 0 aromatic heterocycles. The molecule has 0 unspecified atom stereocenters. The van der Waals surface area contributed by atoms with E-state index >= 15 is 0 Å². The van der Waals surface area contributed by atoms with E-state index in [0.717, 1.165) is 83.1 Å². The molecule has 0 aliphatic heterocycles. The van der Waals surface area contributed by atoms with Crippen LogP contribution < -0.4 is 51.4 Å². The third kappa shape index (κ3) is 24.1. The standard InChI is InChI=1S/C38H62O7S.K/c1-3-5-7-9-11-13-15-17-19-21-23-25-27-32-44-37(39)34-30-29-31-35(46(41,42)43)36(34)38(40)45-33-28-26-24-22-20-18-16-14-12-10-8-6-4-2;/h13-16,29-31H,3-12,17-28,32-33H2,1-2H3,(H,41,42,43);/q;+1/p-1/b15-13+,16-14+;. The van der Waals surface area contributed by atoms with Gasteiger partial charge < -0.3 is 14.0 Å². The van der Waals surface area contributed by atoms with Crippen LogP contribution in [0.2, 0.25) is 0 Å². The quantitative estimate of drug-likeness (QED) is 0.0278. The Hall–Kier alpha value is -0.814. The zero-order valence-corrected chi connectivity index (χ0v) is 33.7. The molecule has 0 aliphatic carbocycles. The first-order valence-electron chi connectivity index (χ1n) is 18.1. The molecule has 262 valence electrons. The third-order valence-electron chi connectivity index (χ3n) is 8.00. The molecule has 1 rings (SSSR count). The van der Waals surface area contributed by atoms with E-state index in [1.165, 1.54) is 63.5 Å². The molecule has 0 saturated heterocycles. The molecule has 9 heteroatoms. The van der Waals surface area contributed by atoms with Crippen molar-refractivity contribution in [1.29, 1.82) is 0 Å². The SMILES string of the molecule is CCCCCC/C=C/CCCCCCCOC(=O)c1cccc(S(=O)(=O)[O-])c1C(=O)OCCCCCCC/C=C/CCCCCC.[K+]. The fourth-order valence-electron chi connectivity index (χ4n) is 5.24. The van der Waals surface area contributed by atoms with Crippen LogP contribution in [-0.2, 0) is 19.6 Å². The zero-order valence-electron chi connectivity index (χ0n) is 29.8. The summed E-state index contributed by atoms with van der Waals surface area (Å²) in [6.45, 7) is 4.66. The molecule has 0 fully saturated rings. The van der Waals surface area contributed by atoms with Gasteiger partial charge in [0.1, 0.15) is 10.1 Å². The van der Waals surface area contributed by atoms with Crippen LogP contribution in [0.3, 0.4) is 0 Å². The first kappa shape index (κ1) is 46.2. The number of unbranched alkanes of at least 4 members (excludes halogenated alkanes) is 18. The molecule has 0 bridgehead atoms. The van der Waals surface area contributed by atoms with Gasteiger partial charge in [0.2, 0.25) is 0 Å². The molecule has 1 aromatic carbocycles. The second-order valence-corrected chi connectivity index (χ2v) is 13.5. The number of allylic oxidation sites excluding steroid dienone is 4. The van der Waals surface area contributed by atoms with E-state index in [9.17, 15) is 22.6 Å². The monoisotopic (exact) mass is 700 g/mol. The van der Waals surface area contributed by atoms with Gasteiger partial charge >= 0.3 is 63.3 Å². The fraction of sp³-hybridized carbons (Fsp3) is 0.684. The van der Waals surface area contributed by atoms with Gasteiger partial charge in [0, 0.05) is 0 Å². The molecule has 0 amide bonds. The van der Waals surface area contributed by atoms with Crippen molar-refractivity contribution in [3.8, 4) is 0 Å². The van der Waals surface area contributed by atoms with Gasteiger partial charge in [-0.25, -0.2) is 18.0 Å². The second-order valence-electron chi connectivity index (χ2n) is 12.2. The van der Waals surface area contributed by atoms with Crippen molar-refractivity contribution in [3.05, 3.63) is 53.6 Å². The summed E-state index contributed by atoms with van der Waals surface area (Å²) in [5.74, 6) is -1.84. The van der Waals surface area contributed by atoms with Crippen molar-refractivity contribution in [2.24, 2.45) is 0 Å². The summed E-state index contributed by atoms with van der Waals surface area (Å²) in [6, 6.07) is 3.58. The average molecular weight is 701 g/mol. The summed E-state index contributed by atoms with van der Waals surface area (Å²) in [5.41, 5.74) is -0.802. The van der Waals surface area contributed by atoms with Crippen LogP contribution in [0.1, 0.15) is 176 Å². The summed E-state index contributed by atoms with van der Waals surface area (Å²) in [4.78, 5) is 25.0. The summed E-state index contributed by atoms with van der Waals surface area (Å²) in [7, 11) is -5.01. The Morgan fingerprint density at radius 2 is 0.979 bits per heavy atom. The van der Waals surface area contributed by atoms with E-state index in [4.69, 9.17) is 9.47 Å². The summed E-state index contributed by atoms with van der Waals surface area (Å²) in [6.07, 6.45) is 33.3. The maximum Gasteiger partial charge on any atom is 1.00 e. The van der Waals surface area contributed by atoms with E-state index in [0.29, 0.717) is 12.8 Å². The van der Waals surface area contributed by atoms with Crippen LogP contribution in [0.4, 0.5) is 0 Å². The van der Waals surface area contributed by atoms with Gasteiger partial charge in [-0.2, -0.15) is 0 Å². The predicted molar refractivity (Wildman–Crippen MR) is 186 cm³/mol. The molecule has 0 spiro atoms. The van der Waals surface area contributed by atoms with Gasteiger partial charge in [-0.15, -0.1) is 0 Å². The number of rotatable bonds is 29. The zero-order chi connectivity index (χ0) is 33.7. The van der Waals surface area contributed by atoms with Crippen molar-refractivity contribution in [2.45, 2.75) is 160 Å². The number of carbonyl (C=O) groups is 2. The number of carbonyl (C=O) groups excluding carboxylic acids is 2. The Balaban J connectivity index is 0.0000212. The maximum absolute atomic E-state index is 12.9. The van der Waals surface area contributed by atoms with Crippen molar-refractivity contribution >= 4 is 22.1 Å². The Morgan fingerprint density at radius 3 is 1.40 bits per heavy atom. The van der Waals surface area contributed by atoms with Crippen LogP contribution in [0, 0.1) is 0 Å². The minimum absolute atomic E-state index is 0. The minimum Gasteiger partial charge on any atom is -0.744 e. The number of hydrogen-bond donors (Lipinski definition) is 0. The largest absolute Gasteiger partial charge is 1.00 e. The van der Waals surface area contributed by atoms with E-state index in [1.54, 1.807) is 0 Å². The van der Waals surface area contributed by atoms with Crippen LogP contribution in [-0.4, -0.2) is 38.1 Å². The van der Waals surface area contributed by atoms with Crippen LogP contribution >= 0.6 is 0 Å². The summed E-state index contributed by atoms with van der Waals surface area (Å²) >= 11 is 0. The molecule has 47 heavy (non-hydrogen) atoms. The molecule has 0 atom stereocenters. The normalized spacial score (nSPS) is 11.6. The summed E-state index contributed by atoms with van der Waals surface area (Å²) < 4.78 is 46.4. The maximum atomic E-state index is 12.9. The molecular formula is C38H61KO7S. The minimum atomic E-state index is -5.01. The van der Waals surface area contributed by atoms with Crippen molar-refractivity contribution in [3.63, 3.8) is 0 Å². The molecular weight excluding hydrogens is 640 g/mol. The van der Waals surface area contributed by atoms with Gasteiger partial charge in [-0.1, -0.05) is 121 Å². The third-order valence-corrected chi connectivity index (χ3v) is 8.88. The number of ether oxygens (including phenoxy) is 2. The first-order valence-corrected chi connectivity index (χ1v) is 19.5. The Labute approximate surface area is 329 Å². The van der Waals surface area contributed by atoms with Crippen molar-refractivity contribution in [1.82, 2.24) is 0 Å². The van der Waals surface area contributed by atoms with Gasteiger partial charge in [-0.05, 0) is 76.3 Å². The number of esters is 2. The number of benzene rings is 1. The molecule has 0 heterocycles. The molecule has 1 aromatic rings. The first-order chi connectivity index (χ1) is 22.3. The van der Waals surface area contributed by atoms with Crippen molar-refractivity contribution in [2.75, 3.05) is 13.2 Å². The Morgan fingerprint density at radius 1 is 0.596 bits per heavy atom. The topological polar surface area (TPSA) is 110 Å². The van der Waals surface area contributed by atoms with Gasteiger partial charge in [0.25, 0.3) is 0 Å². The van der Waals surface area contributed by atoms with Crippen LogP contribution in [0.25, 0.3) is 0 Å². The molecule has 0 aliphatic rings. The Kier molecular flexibility index (Phi) is 30.6. The van der Waals surface area contributed by atoms with Crippen LogP contribution in [0.5, 0.6) is 0 Å². The van der Waals surface area contributed by atoms with Gasteiger partial charge in [-0.3, -0.25) is 0 Å². The van der Waals surface area contributed by atoms with Crippen molar-refractivity contribution < 1.29 is 83.4 Å². The Bertz CT molecular complexity index is 1120. The van der Waals surface area contributed by atoms with E-state index in [-0.39, 0.29) is 70.2 Å². The second kappa shape index (κ2) is 31.2. The fourth-order valence-corrected chi connectivity index (χ4v) is 5.93. The average Bonchev–Trinajstić information content (AvgIpc) is 3.04. The van der Waals surface area contributed by atoms with E-state index in [2.05, 4.69) is 38.2 Å². The van der Waals surface area contributed by atoms with Gasteiger partial charge in [0.05, 0.1) is 29.2 Å². The van der Waals surface area contributed by atoms with Gasteiger partial charge in [0.15, 0.2) is 0 Å². The van der Waals surface area contributed by atoms with Crippen LogP contribution in [0.15, 0.2) is 47.4 Å². The summed E-state index contributed by atoms with van der Waals surface area (Å²) in [5, 5.41) is 0. The molecule has 0 saturated carbocycles. The number of hydrogen-bond acceptors (Lipinski definition) is 7. The predicted octanol–water partition coefficient (Wildman–Crippen LogP) is 7.64. The molecule has 0 radical (unpaired) electrons. The van der Waals surface area contributed by atoms with E-state index in [1.807, 2.05) is 0 Å². The molecule has 0 N–H and O–H groups in total. The molecule has 7 nitrogen and oxygen atoms in total. The van der Waals surface area contributed by atoms with E-state index < -0.39 is 32.5 Å². The smallest absolute Gasteiger partial charge is 0.744 e.